The largest absolute Gasteiger partial charge is 0.480 e. The maximum Gasteiger partial charge on any atom is 0.326 e. The van der Waals surface area contributed by atoms with E-state index < -0.39 is 12.0 Å². The Morgan fingerprint density at radius 3 is 2.41 bits per heavy atom. The summed E-state index contributed by atoms with van der Waals surface area (Å²) in [6, 6.07) is 13.1. The zero-order valence-corrected chi connectivity index (χ0v) is 22.9. The summed E-state index contributed by atoms with van der Waals surface area (Å²) in [6.07, 6.45) is 13.3. The van der Waals surface area contributed by atoms with Gasteiger partial charge < -0.3 is 15.2 Å². The lowest BCUT2D eigenvalue weighted by Gasteiger charge is -2.28. The number of amides is 1. The maximum absolute atomic E-state index is 13.3. The second kappa shape index (κ2) is 14.9. The number of carbonyl (C=O) groups is 2. The quantitative estimate of drug-likeness (QED) is 0.278. The summed E-state index contributed by atoms with van der Waals surface area (Å²) >= 11 is 0. The van der Waals surface area contributed by atoms with Gasteiger partial charge in [0, 0.05) is 5.56 Å². The fourth-order valence-electron chi connectivity index (χ4n) is 5.34. The predicted octanol–water partition coefficient (Wildman–Crippen LogP) is 7.49. The second-order valence-corrected chi connectivity index (χ2v) is 10.5. The van der Waals surface area contributed by atoms with Crippen LogP contribution in [-0.4, -0.2) is 35.2 Å². The minimum absolute atomic E-state index is 0.262. The van der Waals surface area contributed by atoms with Gasteiger partial charge in [-0.15, -0.1) is 0 Å². The van der Waals surface area contributed by atoms with Gasteiger partial charge in [0.1, 0.15) is 6.04 Å². The van der Waals surface area contributed by atoms with Crippen LogP contribution in [0.3, 0.4) is 0 Å². The van der Waals surface area contributed by atoms with Gasteiger partial charge in [-0.2, -0.15) is 0 Å². The molecule has 0 heterocycles. The average molecular weight is 508 g/mol. The first-order chi connectivity index (χ1) is 17.9. The van der Waals surface area contributed by atoms with Crippen LogP contribution in [0.25, 0.3) is 11.1 Å². The number of nitrogens with one attached hydrogen (secondary N) is 1. The lowest BCUT2D eigenvalue weighted by molar-refractivity contribution is -0.139. The van der Waals surface area contributed by atoms with Gasteiger partial charge >= 0.3 is 5.97 Å². The van der Waals surface area contributed by atoms with Crippen molar-refractivity contribution in [1.29, 1.82) is 0 Å². The van der Waals surface area contributed by atoms with Gasteiger partial charge in [-0.1, -0.05) is 88.8 Å². The van der Waals surface area contributed by atoms with E-state index in [0.29, 0.717) is 24.5 Å². The number of unbranched alkanes of at least 4 members (excludes halogenated alkanes) is 1. The molecule has 5 heteroatoms. The molecule has 5 nitrogen and oxygen atoms in total. The van der Waals surface area contributed by atoms with Crippen LogP contribution in [-0.2, 0) is 16.0 Å². The van der Waals surface area contributed by atoms with Crippen molar-refractivity contribution >= 4 is 11.9 Å². The Bertz CT molecular complexity index is 1010. The topological polar surface area (TPSA) is 75.6 Å². The first-order valence-corrected chi connectivity index (χ1v) is 14.3. The Balaban J connectivity index is 1.82. The minimum atomic E-state index is -1.000. The second-order valence-electron chi connectivity index (χ2n) is 10.5. The van der Waals surface area contributed by atoms with Crippen molar-refractivity contribution in [2.24, 2.45) is 0 Å². The van der Waals surface area contributed by atoms with Gasteiger partial charge in [0.25, 0.3) is 5.91 Å². The summed E-state index contributed by atoms with van der Waals surface area (Å²) in [4.78, 5) is 24.9. The molecule has 2 N–H and O–H groups in total. The SMILES string of the molecule is CCCCC(CCc1ccc(C(=O)NC(CCC)C(=O)O)c(-c2ccccc2C)c1)OC1CCCCC1. The molecular formula is C32H45NO4. The zero-order valence-electron chi connectivity index (χ0n) is 22.9. The van der Waals surface area contributed by atoms with Crippen LogP contribution in [0.2, 0.25) is 0 Å². The van der Waals surface area contributed by atoms with E-state index in [1.165, 1.54) is 50.5 Å². The van der Waals surface area contributed by atoms with Crippen molar-refractivity contribution in [3.63, 3.8) is 0 Å². The summed E-state index contributed by atoms with van der Waals surface area (Å²) < 4.78 is 6.58. The van der Waals surface area contributed by atoms with E-state index in [4.69, 9.17) is 4.74 Å². The summed E-state index contributed by atoms with van der Waals surface area (Å²) in [5, 5.41) is 12.3. The molecule has 2 atom stereocenters. The fourth-order valence-corrected chi connectivity index (χ4v) is 5.34. The third-order valence-corrected chi connectivity index (χ3v) is 7.52. The molecule has 2 aromatic carbocycles. The number of carbonyl (C=O) groups excluding carboxylic acids is 1. The predicted molar refractivity (Wildman–Crippen MR) is 150 cm³/mol. The van der Waals surface area contributed by atoms with Crippen molar-refractivity contribution in [3.8, 4) is 11.1 Å². The molecule has 1 aliphatic rings. The van der Waals surface area contributed by atoms with Gasteiger partial charge in [0.05, 0.1) is 12.2 Å². The normalized spacial score (nSPS) is 15.8. The lowest BCUT2D eigenvalue weighted by Crippen LogP contribution is -2.40. The van der Waals surface area contributed by atoms with Crippen LogP contribution in [0.5, 0.6) is 0 Å². The van der Waals surface area contributed by atoms with Crippen LogP contribution >= 0.6 is 0 Å². The van der Waals surface area contributed by atoms with Crippen LogP contribution < -0.4 is 5.32 Å². The molecule has 1 amide bonds. The number of carboxylic acids is 1. The Hall–Kier alpha value is -2.66. The van der Waals surface area contributed by atoms with Crippen LogP contribution in [0.4, 0.5) is 0 Å². The van der Waals surface area contributed by atoms with Crippen molar-refractivity contribution in [1.82, 2.24) is 5.32 Å². The molecule has 1 aliphatic carbocycles. The molecule has 0 radical (unpaired) electrons. The van der Waals surface area contributed by atoms with E-state index >= 15 is 0 Å². The molecule has 1 fully saturated rings. The molecule has 0 bridgehead atoms. The Morgan fingerprint density at radius 1 is 0.973 bits per heavy atom. The number of benzene rings is 2. The van der Waals surface area contributed by atoms with Gasteiger partial charge in [0.2, 0.25) is 0 Å². The van der Waals surface area contributed by atoms with E-state index in [2.05, 4.69) is 18.3 Å². The van der Waals surface area contributed by atoms with E-state index in [9.17, 15) is 14.7 Å². The molecule has 0 aromatic heterocycles. The fraction of sp³-hybridized carbons (Fsp3) is 0.562. The molecule has 0 saturated heterocycles. The summed E-state index contributed by atoms with van der Waals surface area (Å²) in [6.45, 7) is 6.19. The molecule has 2 aromatic rings. The highest BCUT2D eigenvalue weighted by Gasteiger charge is 2.23. The van der Waals surface area contributed by atoms with Gasteiger partial charge in [-0.25, -0.2) is 4.79 Å². The van der Waals surface area contributed by atoms with E-state index in [0.717, 1.165) is 36.0 Å². The number of aliphatic carboxylic acids is 1. The van der Waals surface area contributed by atoms with Gasteiger partial charge in [-0.05, 0) is 73.8 Å². The molecular weight excluding hydrogens is 462 g/mol. The third kappa shape index (κ3) is 8.70. The molecule has 3 rings (SSSR count). The highest BCUT2D eigenvalue weighted by molar-refractivity contribution is 6.02. The third-order valence-electron chi connectivity index (χ3n) is 7.52. The highest BCUT2D eigenvalue weighted by atomic mass is 16.5. The van der Waals surface area contributed by atoms with Crippen molar-refractivity contribution in [2.45, 2.75) is 116 Å². The first kappa shape index (κ1) is 28.9. The Labute approximate surface area is 223 Å². The van der Waals surface area contributed by atoms with Gasteiger partial charge in [-0.3, -0.25) is 4.79 Å². The number of hydrogen-bond acceptors (Lipinski definition) is 3. The zero-order chi connectivity index (χ0) is 26.6. The summed E-state index contributed by atoms with van der Waals surface area (Å²) in [7, 11) is 0. The van der Waals surface area contributed by atoms with Crippen molar-refractivity contribution < 1.29 is 19.4 Å². The number of ether oxygens (including phenoxy) is 1. The minimum Gasteiger partial charge on any atom is -0.480 e. The molecule has 1 saturated carbocycles. The molecule has 0 spiro atoms. The van der Waals surface area contributed by atoms with Crippen molar-refractivity contribution in [3.05, 3.63) is 59.2 Å². The number of carboxylic acid groups (broad SMARTS) is 1. The number of aryl methyl sites for hydroxylation is 2. The van der Waals surface area contributed by atoms with Crippen LogP contribution in [0.1, 0.15) is 106 Å². The summed E-state index contributed by atoms with van der Waals surface area (Å²) in [5.74, 6) is -1.34. The molecule has 0 aliphatic heterocycles. The summed E-state index contributed by atoms with van der Waals surface area (Å²) in [5.41, 5.74) is 4.62. The Morgan fingerprint density at radius 2 is 1.73 bits per heavy atom. The Kier molecular flexibility index (Phi) is 11.7. The van der Waals surface area contributed by atoms with Crippen LogP contribution in [0.15, 0.2) is 42.5 Å². The molecule has 2 unspecified atom stereocenters. The highest BCUT2D eigenvalue weighted by Crippen LogP contribution is 2.30. The standard InChI is InChI=1S/C32H45NO4/c1-4-6-14-26(37-25-15-8-7-9-16-25)20-18-24-19-21-28(31(34)33-30(12-5-2)32(35)36)29(22-24)27-17-11-10-13-23(27)3/h10-11,13,17,19,21-22,25-26,30H,4-9,12,14-16,18,20H2,1-3H3,(H,33,34)(H,35,36). The number of rotatable bonds is 14. The average Bonchev–Trinajstić information content (AvgIpc) is 2.90. The lowest BCUT2D eigenvalue weighted by atomic mass is 9.91. The van der Waals surface area contributed by atoms with Gasteiger partial charge in [0.15, 0.2) is 0 Å². The van der Waals surface area contributed by atoms with E-state index in [1.54, 1.807) is 0 Å². The van der Waals surface area contributed by atoms with Crippen molar-refractivity contribution in [2.75, 3.05) is 0 Å². The van der Waals surface area contributed by atoms with E-state index in [-0.39, 0.29) is 12.0 Å². The molecule has 37 heavy (non-hydrogen) atoms. The first-order valence-electron chi connectivity index (χ1n) is 14.3. The monoisotopic (exact) mass is 507 g/mol. The number of hydrogen-bond donors (Lipinski definition) is 2. The smallest absolute Gasteiger partial charge is 0.326 e. The van der Waals surface area contributed by atoms with Crippen LogP contribution in [0, 0.1) is 6.92 Å². The van der Waals surface area contributed by atoms with E-state index in [1.807, 2.05) is 50.2 Å². The molecule has 202 valence electrons. The maximum atomic E-state index is 13.3.